The Kier molecular flexibility index (Phi) is 4.68. The molecule has 0 aliphatic carbocycles. The van der Waals surface area contributed by atoms with Gasteiger partial charge in [0.2, 0.25) is 0 Å². The standard InChI is InChI=1S/C15H15BrClN3/c1-20(9-10-2-5-12(17)6-3-10)14-7-4-11(15(18)19)8-13(14)16/h2-8H,9H2,1H3,(H3,18,19). The van der Waals surface area contributed by atoms with Crippen molar-refractivity contribution in [3.63, 3.8) is 0 Å². The Bertz CT molecular complexity index is 626. The molecule has 5 heteroatoms. The van der Waals surface area contributed by atoms with Crippen LogP contribution in [0.4, 0.5) is 5.69 Å². The van der Waals surface area contributed by atoms with Gasteiger partial charge in [-0.2, -0.15) is 0 Å². The van der Waals surface area contributed by atoms with E-state index in [-0.39, 0.29) is 5.84 Å². The number of rotatable bonds is 4. The molecule has 2 rings (SSSR count). The lowest BCUT2D eigenvalue weighted by Gasteiger charge is -2.21. The van der Waals surface area contributed by atoms with Gasteiger partial charge in [0, 0.05) is 28.7 Å². The lowest BCUT2D eigenvalue weighted by Crippen LogP contribution is -2.17. The zero-order valence-corrected chi connectivity index (χ0v) is 13.4. The van der Waals surface area contributed by atoms with Gasteiger partial charge in [0.25, 0.3) is 0 Å². The van der Waals surface area contributed by atoms with E-state index in [0.717, 1.165) is 21.7 Å². The predicted octanol–water partition coefficient (Wildman–Crippen LogP) is 4.02. The quantitative estimate of drug-likeness (QED) is 0.645. The van der Waals surface area contributed by atoms with Crippen molar-refractivity contribution in [2.75, 3.05) is 11.9 Å². The van der Waals surface area contributed by atoms with E-state index in [1.165, 1.54) is 5.56 Å². The third kappa shape index (κ3) is 3.52. The first-order valence-corrected chi connectivity index (χ1v) is 7.24. The fourth-order valence-electron chi connectivity index (χ4n) is 1.93. The number of halogens is 2. The van der Waals surface area contributed by atoms with Crippen LogP contribution in [0.2, 0.25) is 5.02 Å². The van der Waals surface area contributed by atoms with Gasteiger partial charge in [0.1, 0.15) is 5.84 Å². The van der Waals surface area contributed by atoms with E-state index in [2.05, 4.69) is 20.8 Å². The summed E-state index contributed by atoms with van der Waals surface area (Å²) in [6.07, 6.45) is 0. The average Bonchev–Trinajstić information content (AvgIpc) is 2.41. The smallest absolute Gasteiger partial charge is 0.122 e. The molecular formula is C15H15BrClN3. The Morgan fingerprint density at radius 1 is 1.25 bits per heavy atom. The van der Waals surface area contributed by atoms with Gasteiger partial charge in [-0.05, 0) is 51.8 Å². The molecule has 0 heterocycles. The number of nitrogens with two attached hydrogens (primary N) is 1. The predicted molar refractivity (Wildman–Crippen MR) is 88.7 cm³/mol. The molecule has 2 aromatic carbocycles. The molecule has 0 atom stereocenters. The maximum absolute atomic E-state index is 7.44. The van der Waals surface area contributed by atoms with Gasteiger partial charge in [-0.1, -0.05) is 23.7 Å². The Hall–Kier alpha value is -1.52. The van der Waals surface area contributed by atoms with Crippen LogP contribution in [0.1, 0.15) is 11.1 Å². The number of benzene rings is 2. The van der Waals surface area contributed by atoms with Crippen LogP contribution >= 0.6 is 27.5 Å². The molecule has 0 aliphatic rings. The molecule has 0 aromatic heterocycles. The molecule has 0 saturated carbocycles. The Morgan fingerprint density at radius 2 is 1.90 bits per heavy atom. The van der Waals surface area contributed by atoms with Crippen molar-refractivity contribution in [3.05, 3.63) is 63.1 Å². The molecule has 0 aliphatic heterocycles. The highest BCUT2D eigenvalue weighted by Crippen LogP contribution is 2.27. The summed E-state index contributed by atoms with van der Waals surface area (Å²) in [5.41, 5.74) is 8.42. The average molecular weight is 353 g/mol. The van der Waals surface area contributed by atoms with Gasteiger partial charge < -0.3 is 10.6 Å². The SMILES string of the molecule is CN(Cc1ccc(Cl)cc1)c1ccc(C(=N)N)cc1Br. The van der Waals surface area contributed by atoms with Crippen LogP contribution in [0, 0.1) is 5.41 Å². The molecule has 3 nitrogen and oxygen atoms in total. The third-order valence-corrected chi connectivity index (χ3v) is 3.89. The molecule has 0 saturated heterocycles. The van der Waals surface area contributed by atoms with Gasteiger partial charge in [0.15, 0.2) is 0 Å². The largest absolute Gasteiger partial charge is 0.384 e. The second-order valence-electron chi connectivity index (χ2n) is 4.56. The van der Waals surface area contributed by atoms with E-state index in [4.69, 9.17) is 22.7 Å². The van der Waals surface area contributed by atoms with Gasteiger partial charge >= 0.3 is 0 Å². The highest BCUT2D eigenvalue weighted by Gasteiger charge is 2.08. The molecule has 20 heavy (non-hydrogen) atoms. The molecule has 0 spiro atoms. The number of amidine groups is 1. The van der Waals surface area contributed by atoms with Crippen LogP contribution in [-0.2, 0) is 6.54 Å². The number of anilines is 1. The maximum Gasteiger partial charge on any atom is 0.122 e. The van der Waals surface area contributed by atoms with Crippen molar-refractivity contribution in [1.29, 1.82) is 5.41 Å². The van der Waals surface area contributed by atoms with Crippen LogP contribution < -0.4 is 10.6 Å². The summed E-state index contributed by atoms with van der Waals surface area (Å²) < 4.78 is 0.918. The van der Waals surface area contributed by atoms with E-state index < -0.39 is 0 Å². The normalized spacial score (nSPS) is 10.3. The minimum absolute atomic E-state index is 0.0672. The summed E-state index contributed by atoms with van der Waals surface area (Å²) in [6.45, 7) is 0.773. The zero-order valence-electron chi connectivity index (χ0n) is 11.0. The molecule has 3 N–H and O–H groups in total. The first-order chi connectivity index (χ1) is 9.47. The van der Waals surface area contributed by atoms with Crippen LogP contribution in [-0.4, -0.2) is 12.9 Å². The second-order valence-corrected chi connectivity index (χ2v) is 5.85. The highest BCUT2D eigenvalue weighted by atomic mass is 79.9. The second kappa shape index (κ2) is 6.29. The third-order valence-electron chi connectivity index (χ3n) is 3.00. The summed E-state index contributed by atoms with van der Waals surface area (Å²) in [6, 6.07) is 13.5. The van der Waals surface area contributed by atoms with Gasteiger partial charge in [-0.15, -0.1) is 0 Å². The summed E-state index contributed by atoms with van der Waals surface area (Å²) >= 11 is 9.41. The number of hydrogen-bond donors (Lipinski definition) is 2. The van der Waals surface area contributed by atoms with E-state index in [0.29, 0.717) is 5.56 Å². The van der Waals surface area contributed by atoms with Crippen molar-refractivity contribution < 1.29 is 0 Å². The summed E-state index contributed by atoms with van der Waals surface area (Å²) in [5.74, 6) is 0.0672. The molecule has 104 valence electrons. The lowest BCUT2D eigenvalue weighted by molar-refractivity contribution is 0.920. The molecule has 2 aromatic rings. The van der Waals surface area contributed by atoms with E-state index >= 15 is 0 Å². The van der Waals surface area contributed by atoms with Crippen LogP contribution in [0.15, 0.2) is 46.9 Å². The fraction of sp³-hybridized carbons (Fsp3) is 0.133. The van der Waals surface area contributed by atoms with E-state index in [1.54, 1.807) is 0 Å². The zero-order chi connectivity index (χ0) is 14.7. The van der Waals surface area contributed by atoms with Crippen LogP contribution in [0.5, 0.6) is 0 Å². The molecule has 0 bridgehead atoms. The molecule has 0 unspecified atom stereocenters. The van der Waals surface area contributed by atoms with Gasteiger partial charge in [-0.25, -0.2) is 0 Å². The Labute approximate surface area is 132 Å². The minimum atomic E-state index is 0.0672. The summed E-state index contributed by atoms with van der Waals surface area (Å²) in [5, 5.41) is 8.18. The Morgan fingerprint density at radius 3 is 2.45 bits per heavy atom. The number of hydrogen-bond acceptors (Lipinski definition) is 2. The fourth-order valence-corrected chi connectivity index (χ4v) is 2.74. The van der Waals surface area contributed by atoms with Crippen molar-refractivity contribution in [1.82, 2.24) is 0 Å². The minimum Gasteiger partial charge on any atom is -0.384 e. The van der Waals surface area contributed by atoms with Crippen LogP contribution in [0.25, 0.3) is 0 Å². The van der Waals surface area contributed by atoms with Crippen molar-refractivity contribution in [3.8, 4) is 0 Å². The number of nitrogen functional groups attached to an aromatic ring is 1. The summed E-state index contributed by atoms with van der Waals surface area (Å²) in [4.78, 5) is 2.12. The maximum atomic E-state index is 7.44. The van der Waals surface area contributed by atoms with Gasteiger partial charge in [0.05, 0.1) is 5.69 Å². The van der Waals surface area contributed by atoms with Gasteiger partial charge in [-0.3, -0.25) is 5.41 Å². The van der Waals surface area contributed by atoms with Crippen LogP contribution in [0.3, 0.4) is 0 Å². The van der Waals surface area contributed by atoms with Crippen molar-refractivity contribution in [2.45, 2.75) is 6.54 Å². The first kappa shape index (κ1) is 14.9. The lowest BCUT2D eigenvalue weighted by atomic mass is 10.1. The first-order valence-electron chi connectivity index (χ1n) is 6.07. The highest BCUT2D eigenvalue weighted by molar-refractivity contribution is 9.10. The molecule has 0 radical (unpaired) electrons. The monoisotopic (exact) mass is 351 g/mol. The van der Waals surface area contributed by atoms with Crippen molar-refractivity contribution >= 4 is 39.1 Å². The molecule has 0 amide bonds. The topological polar surface area (TPSA) is 53.1 Å². The number of nitrogens with zero attached hydrogens (tertiary/aromatic N) is 1. The van der Waals surface area contributed by atoms with Crippen molar-refractivity contribution in [2.24, 2.45) is 5.73 Å². The molecule has 0 fully saturated rings. The van der Waals surface area contributed by atoms with E-state index in [9.17, 15) is 0 Å². The Balaban J connectivity index is 2.18. The molecular weight excluding hydrogens is 338 g/mol. The number of nitrogens with one attached hydrogen (secondary N) is 1. The van der Waals surface area contributed by atoms with E-state index in [1.807, 2.05) is 49.5 Å². The summed E-state index contributed by atoms with van der Waals surface area (Å²) in [7, 11) is 2.02.